The molecule has 0 spiro atoms. The predicted molar refractivity (Wildman–Crippen MR) is 102 cm³/mol. The van der Waals surface area contributed by atoms with Gasteiger partial charge in [-0.1, -0.05) is 6.92 Å². The van der Waals surface area contributed by atoms with Gasteiger partial charge in [-0.25, -0.2) is 0 Å². The van der Waals surface area contributed by atoms with Gasteiger partial charge in [0.1, 0.15) is 5.78 Å². The molecule has 5 nitrogen and oxygen atoms in total. The Hall–Kier alpha value is -1.05. The first kappa shape index (κ1) is 18.3. The second-order valence-corrected chi connectivity index (χ2v) is 10.1. The summed E-state index contributed by atoms with van der Waals surface area (Å²) in [6.45, 7) is 2.18. The van der Waals surface area contributed by atoms with Crippen molar-refractivity contribution in [1.29, 1.82) is 0 Å². The van der Waals surface area contributed by atoms with E-state index in [0.717, 1.165) is 49.0 Å². The molecule has 26 heavy (non-hydrogen) atoms. The van der Waals surface area contributed by atoms with Gasteiger partial charge >= 0.3 is 10.3 Å². The van der Waals surface area contributed by atoms with Crippen LogP contribution in [0.15, 0.2) is 17.0 Å². The highest BCUT2D eigenvalue weighted by molar-refractivity contribution is 7.98. The first-order chi connectivity index (χ1) is 12.2. The number of carbonyl (C=O) groups excluding carboxylic acids is 1. The largest absolute Gasteiger partial charge is 0.380 e. The molecule has 142 valence electrons. The molecule has 0 heterocycles. The summed E-state index contributed by atoms with van der Waals surface area (Å²) in [5.41, 5.74) is 2.35. The third-order valence-electron chi connectivity index (χ3n) is 6.92. The van der Waals surface area contributed by atoms with E-state index in [0.29, 0.717) is 29.3 Å². The van der Waals surface area contributed by atoms with Crippen molar-refractivity contribution in [3.05, 3.63) is 23.3 Å². The van der Waals surface area contributed by atoms with E-state index in [1.54, 1.807) is 0 Å². The van der Waals surface area contributed by atoms with Gasteiger partial charge in [0, 0.05) is 11.8 Å². The van der Waals surface area contributed by atoms with Crippen LogP contribution in [-0.4, -0.2) is 20.5 Å². The number of aryl methyl sites for hydroxylation is 1. The molecular weight excluding hydrogens is 370 g/mol. The lowest BCUT2D eigenvalue weighted by Crippen LogP contribution is -2.42. The van der Waals surface area contributed by atoms with Crippen molar-refractivity contribution >= 4 is 27.8 Å². The van der Waals surface area contributed by atoms with E-state index in [2.05, 4.69) is 13.0 Å². The zero-order valence-electron chi connectivity index (χ0n) is 15.2. The van der Waals surface area contributed by atoms with E-state index in [-0.39, 0.29) is 5.41 Å². The van der Waals surface area contributed by atoms with Crippen LogP contribution >= 0.6 is 11.8 Å². The molecule has 0 bridgehead atoms. The number of carbonyl (C=O) groups is 1. The fourth-order valence-corrected chi connectivity index (χ4v) is 6.69. The molecule has 0 aliphatic heterocycles. The summed E-state index contributed by atoms with van der Waals surface area (Å²) in [6.07, 6.45) is 7.60. The average molecular weight is 396 g/mol. The highest BCUT2D eigenvalue weighted by Crippen LogP contribution is 2.60. The zero-order valence-corrected chi connectivity index (χ0v) is 16.8. The summed E-state index contributed by atoms with van der Waals surface area (Å²) in [4.78, 5) is 13.2. The second-order valence-electron chi connectivity index (χ2n) is 8.11. The minimum atomic E-state index is -4.04. The first-order valence-corrected chi connectivity index (χ1v) is 11.9. The number of hydrogen-bond acceptors (Lipinski definition) is 5. The molecule has 1 aromatic carbocycles. The van der Waals surface area contributed by atoms with E-state index in [4.69, 9.17) is 9.32 Å². The summed E-state index contributed by atoms with van der Waals surface area (Å²) in [5, 5.41) is 5.07. The number of Topliss-reactive ketones (excluding diaryl/α,β-unsaturated/α-hetero) is 1. The maximum atomic E-state index is 12.4. The van der Waals surface area contributed by atoms with E-state index < -0.39 is 10.3 Å². The Morgan fingerprint density at radius 2 is 2.00 bits per heavy atom. The third kappa shape index (κ3) is 2.88. The van der Waals surface area contributed by atoms with Gasteiger partial charge < -0.3 is 4.18 Å². The average Bonchev–Trinajstić information content (AvgIpc) is 2.88. The van der Waals surface area contributed by atoms with Crippen LogP contribution in [0.5, 0.6) is 5.75 Å². The SMILES string of the molecule is CSc1cc2c(cc1OS(N)(=O)=O)CCC1C2CC[C@]2(C)C(=O)CCC12. The Labute approximate surface area is 159 Å². The van der Waals surface area contributed by atoms with Crippen LogP contribution in [0.25, 0.3) is 0 Å². The van der Waals surface area contributed by atoms with Crippen LogP contribution in [0.1, 0.15) is 56.1 Å². The number of benzene rings is 1. The first-order valence-electron chi connectivity index (χ1n) is 9.19. The molecule has 3 aliphatic rings. The van der Waals surface area contributed by atoms with Crippen molar-refractivity contribution in [3.8, 4) is 5.75 Å². The van der Waals surface area contributed by atoms with Gasteiger partial charge in [0.25, 0.3) is 0 Å². The van der Waals surface area contributed by atoms with Gasteiger partial charge in [0.05, 0.1) is 4.90 Å². The van der Waals surface area contributed by atoms with Crippen LogP contribution < -0.4 is 9.32 Å². The summed E-state index contributed by atoms with van der Waals surface area (Å²) < 4.78 is 27.8. The molecule has 4 atom stereocenters. The van der Waals surface area contributed by atoms with Crippen LogP contribution in [0.3, 0.4) is 0 Å². The number of nitrogens with two attached hydrogens (primary N) is 1. The van der Waals surface area contributed by atoms with Gasteiger partial charge in [-0.05, 0) is 79.4 Å². The molecule has 2 saturated carbocycles. The van der Waals surface area contributed by atoms with Gasteiger partial charge in [0.15, 0.2) is 5.75 Å². The minimum absolute atomic E-state index is 0.127. The van der Waals surface area contributed by atoms with E-state index >= 15 is 0 Å². The molecule has 7 heteroatoms. The van der Waals surface area contributed by atoms with Gasteiger partial charge in [-0.15, -0.1) is 11.8 Å². The normalized spacial score (nSPS) is 33.3. The molecule has 0 amide bonds. The van der Waals surface area contributed by atoms with Crippen LogP contribution in [0.2, 0.25) is 0 Å². The topological polar surface area (TPSA) is 86.5 Å². The highest BCUT2D eigenvalue weighted by atomic mass is 32.2. The zero-order chi connectivity index (χ0) is 18.7. The molecule has 0 radical (unpaired) electrons. The molecule has 3 unspecified atom stereocenters. The molecular formula is C19H25NO4S2. The Balaban J connectivity index is 1.72. The van der Waals surface area contributed by atoms with Crippen molar-refractivity contribution in [1.82, 2.24) is 0 Å². The number of hydrogen-bond donors (Lipinski definition) is 1. The van der Waals surface area contributed by atoms with Crippen molar-refractivity contribution in [2.75, 3.05) is 6.26 Å². The van der Waals surface area contributed by atoms with Crippen molar-refractivity contribution in [2.24, 2.45) is 22.4 Å². The van der Waals surface area contributed by atoms with E-state index in [1.165, 1.54) is 17.3 Å². The lowest BCUT2D eigenvalue weighted by molar-refractivity contribution is -0.129. The van der Waals surface area contributed by atoms with Crippen LogP contribution in [-0.2, 0) is 21.5 Å². The number of rotatable bonds is 3. The number of ketones is 1. The van der Waals surface area contributed by atoms with Gasteiger partial charge in [0.2, 0.25) is 0 Å². The lowest BCUT2D eigenvalue weighted by Gasteiger charge is -2.48. The maximum absolute atomic E-state index is 12.4. The highest BCUT2D eigenvalue weighted by Gasteiger charge is 2.54. The number of fused-ring (bicyclic) bond motifs is 5. The van der Waals surface area contributed by atoms with Gasteiger partial charge in [-0.3, -0.25) is 4.79 Å². The fraction of sp³-hybridized carbons (Fsp3) is 0.632. The molecule has 4 rings (SSSR count). The Kier molecular flexibility index (Phi) is 4.40. The molecule has 0 aromatic heterocycles. The monoisotopic (exact) mass is 395 g/mol. The predicted octanol–water partition coefficient (Wildman–Crippen LogP) is 3.42. The summed E-state index contributed by atoms with van der Waals surface area (Å²) in [5.74, 6) is 2.27. The van der Waals surface area contributed by atoms with Crippen LogP contribution in [0, 0.1) is 17.3 Å². The fourth-order valence-electron chi connectivity index (χ4n) is 5.70. The molecule has 2 fully saturated rings. The maximum Gasteiger partial charge on any atom is 0.380 e. The van der Waals surface area contributed by atoms with Crippen molar-refractivity contribution in [3.63, 3.8) is 0 Å². The van der Waals surface area contributed by atoms with Crippen molar-refractivity contribution in [2.45, 2.75) is 56.3 Å². The molecule has 3 aliphatic carbocycles. The van der Waals surface area contributed by atoms with E-state index in [9.17, 15) is 13.2 Å². The lowest BCUT2D eigenvalue weighted by atomic mass is 9.55. The van der Waals surface area contributed by atoms with Crippen molar-refractivity contribution < 1.29 is 17.4 Å². The Bertz CT molecular complexity index is 867. The third-order valence-corrected chi connectivity index (χ3v) is 8.09. The smallest absolute Gasteiger partial charge is 0.370 e. The van der Waals surface area contributed by atoms with Crippen LogP contribution in [0.4, 0.5) is 0 Å². The Morgan fingerprint density at radius 1 is 1.23 bits per heavy atom. The van der Waals surface area contributed by atoms with E-state index in [1.807, 2.05) is 12.3 Å². The summed E-state index contributed by atoms with van der Waals surface area (Å²) in [7, 11) is -4.04. The second kappa shape index (κ2) is 6.24. The standard InChI is InChI=1S/C19H25NO4S2/c1-19-8-7-12-13(15(19)5-6-18(19)21)4-3-11-9-16(24-26(20,22)23)17(25-2)10-14(11)12/h9-10,12-13,15H,3-8H2,1-2H3,(H2,20,22,23)/t12?,13?,15?,19-/m0/s1. The molecule has 1 aromatic rings. The summed E-state index contributed by atoms with van der Waals surface area (Å²) >= 11 is 1.47. The quantitative estimate of drug-likeness (QED) is 0.793. The molecule has 0 saturated heterocycles. The summed E-state index contributed by atoms with van der Waals surface area (Å²) in [6, 6.07) is 3.95. The number of thioether (sulfide) groups is 1. The Morgan fingerprint density at radius 3 is 2.69 bits per heavy atom. The van der Waals surface area contributed by atoms with Gasteiger partial charge in [-0.2, -0.15) is 13.6 Å². The molecule has 2 N–H and O–H groups in total. The minimum Gasteiger partial charge on any atom is -0.370 e.